The van der Waals surface area contributed by atoms with Crippen LogP contribution < -0.4 is 5.32 Å². The molecule has 5 aliphatic rings. The summed E-state index contributed by atoms with van der Waals surface area (Å²) < 4.78 is 12.7. The van der Waals surface area contributed by atoms with Crippen LogP contribution >= 0.6 is 0 Å². The van der Waals surface area contributed by atoms with Gasteiger partial charge in [-0.1, -0.05) is 69.2 Å². The maximum absolute atomic E-state index is 14.3. The van der Waals surface area contributed by atoms with Crippen molar-refractivity contribution in [1.29, 1.82) is 0 Å². The number of rotatable bonds is 10. The number of esters is 2. The van der Waals surface area contributed by atoms with E-state index in [1.165, 1.54) is 5.57 Å². The van der Waals surface area contributed by atoms with Gasteiger partial charge in [-0.25, -0.2) is 0 Å². The van der Waals surface area contributed by atoms with Crippen LogP contribution in [0.2, 0.25) is 0 Å². The van der Waals surface area contributed by atoms with Gasteiger partial charge in [0.2, 0.25) is 0 Å². The molecule has 10 atom stereocenters. The first-order chi connectivity index (χ1) is 23.9. The van der Waals surface area contributed by atoms with Gasteiger partial charge < -0.3 is 19.9 Å². The smallest absolute Gasteiger partial charge is 0.309 e. The molecule has 0 aromatic heterocycles. The lowest BCUT2D eigenvalue weighted by molar-refractivity contribution is -0.216. The number of fused-ring (bicyclic) bond motifs is 7. The number of Topliss-reactive ketones (excluding diaryl/α,β-unsaturated/α-hetero) is 1. The number of carbonyl (C=O) groups excluding carboxylic acids is 3. The lowest BCUT2D eigenvalue weighted by atomic mass is 9.32. The molecular formula is C44H71NO7. The van der Waals surface area contributed by atoms with E-state index in [0.717, 1.165) is 56.9 Å². The normalized spacial score (nSPS) is 39.2. The Labute approximate surface area is 314 Å². The van der Waals surface area contributed by atoms with Gasteiger partial charge in [0, 0.05) is 23.8 Å². The van der Waals surface area contributed by atoms with Crippen LogP contribution in [0.25, 0.3) is 0 Å². The number of carboxylic acids is 1. The second kappa shape index (κ2) is 13.8. The highest BCUT2D eigenvalue weighted by Gasteiger charge is 2.73. The Kier molecular flexibility index (Phi) is 10.9. The predicted octanol–water partition coefficient (Wildman–Crippen LogP) is 8.80. The molecular weight excluding hydrogens is 654 g/mol. The van der Waals surface area contributed by atoms with Gasteiger partial charge in [-0.3, -0.25) is 19.2 Å². The Hall–Kier alpha value is -2.22. The van der Waals surface area contributed by atoms with Gasteiger partial charge >= 0.3 is 17.9 Å². The number of hydrogen-bond donors (Lipinski definition) is 2. The molecule has 0 heterocycles. The Balaban J connectivity index is 1.54. The van der Waals surface area contributed by atoms with Crippen LogP contribution in [0.15, 0.2) is 11.1 Å². The molecule has 4 fully saturated rings. The molecule has 0 saturated heterocycles. The molecule has 0 aliphatic heterocycles. The zero-order chi connectivity index (χ0) is 39.0. The Bertz CT molecular complexity index is 1480. The van der Waals surface area contributed by atoms with Crippen LogP contribution in [0, 0.1) is 68.0 Å². The van der Waals surface area contributed by atoms with E-state index in [1.807, 2.05) is 20.9 Å². The molecule has 8 nitrogen and oxygen atoms in total. The predicted molar refractivity (Wildman–Crippen MR) is 203 cm³/mol. The van der Waals surface area contributed by atoms with E-state index in [2.05, 4.69) is 60.7 Å². The lowest BCUT2D eigenvalue weighted by Crippen LogP contribution is -2.66. The monoisotopic (exact) mass is 726 g/mol. The van der Waals surface area contributed by atoms with Crippen molar-refractivity contribution in [2.24, 2.45) is 68.0 Å². The summed E-state index contributed by atoms with van der Waals surface area (Å²) in [7, 11) is 1.91. The van der Waals surface area contributed by atoms with Crippen molar-refractivity contribution in [3.05, 3.63) is 11.1 Å². The summed E-state index contributed by atoms with van der Waals surface area (Å²) in [6.07, 6.45) is 7.36. The zero-order valence-corrected chi connectivity index (χ0v) is 34.8. The topological polar surface area (TPSA) is 119 Å². The standard InChI is InChI=1S/C44H71NO7/c1-25(2)34-30(46)22-44(32(24-45-13)52-37(48)26(3)4)21-20-43(12)41(10)18-16-28-35(29(41)17-19-42(43,11)36(34)44)27(5)14-15-31(40(28,8)9)51-33(47)23-39(6,7)38(49)50/h25-29,31-32,35,45H,14-24H2,1-13H3,(H,49,50)/t27-,28-,29-,31+,32+,35?,41-,42-,43+,44+/m1/s1. The fourth-order valence-corrected chi connectivity index (χ4v) is 13.0. The van der Waals surface area contributed by atoms with E-state index in [1.54, 1.807) is 13.8 Å². The molecule has 2 N–H and O–H groups in total. The summed E-state index contributed by atoms with van der Waals surface area (Å²) in [5.74, 6) is 0.248. The van der Waals surface area contributed by atoms with Crippen molar-refractivity contribution in [3.63, 3.8) is 0 Å². The highest BCUT2D eigenvalue weighted by molar-refractivity contribution is 6.01. The van der Waals surface area contributed by atoms with Crippen molar-refractivity contribution < 1.29 is 33.8 Å². The van der Waals surface area contributed by atoms with E-state index < -0.39 is 28.9 Å². The Morgan fingerprint density at radius 3 is 2.13 bits per heavy atom. The SMILES string of the molecule is CNC[C@H](OC(=O)C(C)C)[C@@]12CC[C@]3(C)[C@](C)(CC[C@@H]4C5[C@H](C)CC[C@H](OC(=O)CC(C)(C)C(=O)O)C(C)(C)[C@@H]5CC[C@]43C)C1=C(C(C)C)C(=O)C2. The second-order valence-corrected chi connectivity index (χ2v) is 20.5. The number of carbonyl (C=O) groups is 4. The van der Waals surface area contributed by atoms with Gasteiger partial charge in [0.1, 0.15) is 12.2 Å². The van der Waals surface area contributed by atoms with E-state index in [-0.39, 0.29) is 57.8 Å². The number of allylic oxidation sites excluding steroid dienone is 1. The van der Waals surface area contributed by atoms with Crippen molar-refractivity contribution in [3.8, 4) is 0 Å². The Morgan fingerprint density at radius 2 is 1.56 bits per heavy atom. The summed E-state index contributed by atoms with van der Waals surface area (Å²) in [5.41, 5.74) is 0.0702. The minimum atomic E-state index is -1.17. The van der Waals surface area contributed by atoms with Crippen LogP contribution in [0.3, 0.4) is 0 Å². The maximum Gasteiger partial charge on any atom is 0.309 e. The van der Waals surface area contributed by atoms with Gasteiger partial charge in [-0.15, -0.1) is 0 Å². The minimum absolute atomic E-state index is 0.0214. The second-order valence-electron chi connectivity index (χ2n) is 20.5. The summed E-state index contributed by atoms with van der Waals surface area (Å²) in [6, 6.07) is 0. The molecule has 5 aliphatic carbocycles. The first kappa shape index (κ1) is 41.0. The van der Waals surface area contributed by atoms with Gasteiger partial charge in [-0.05, 0) is 129 Å². The number of aliphatic carboxylic acids is 1. The number of likely N-dealkylation sites (N-methyl/N-ethyl adjacent to an activating group) is 1. The molecule has 5 rings (SSSR count). The van der Waals surface area contributed by atoms with E-state index in [0.29, 0.717) is 36.6 Å². The quantitative estimate of drug-likeness (QED) is 0.215. The molecule has 0 amide bonds. The molecule has 0 spiro atoms. The average molecular weight is 726 g/mol. The number of ether oxygens (including phenoxy) is 2. The summed E-state index contributed by atoms with van der Waals surface area (Å²) >= 11 is 0. The fraction of sp³-hybridized carbons (Fsp3) is 0.864. The summed E-state index contributed by atoms with van der Waals surface area (Å²) in [4.78, 5) is 52.5. The molecule has 294 valence electrons. The highest BCUT2D eigenvalue weighted by Crippen LogP contribution is 2.79. The molecule has 0 aromatic rings. The number of nitrogens with one attached hydrogen (secondary N) is 1. The molecule has 52 heavy (non-hydrogen) atoms. The Morgan fingerprint density at radius 1 is 0.923 bits per heavy atom. The molecule has 4 saturated carbocycles. The molecule has 0 aromatic carbocycles. The third-order valence-corrected chi connectivity index (χ3v) is 16.4. The third-order valence-electron chi connectivity index (χ3n) is 16.4. The van der Waals surface area contributed by atoms with E-state index >= 15 is 0 Å². The van der Waals surface area contributed by atoms with E-state index in [4.69, 9.17) is 9.47 Å². The first-order valence-electron chi connectivity index (χ1n) is 20.5. The van der Waals surface area contributed by atoms with Crippen molar-refractivity contribution in [2.75, 3.05) is 13.6 Å². The molecule has 0 radical (unpaired) electrons. The highest BCUT2D eigenvalue weighted by atomic mass is 16.5. The van der Waals surface area contributed by atoms with Crippen LogP contribution in [-0.4, -0.2) is 54.6 Å². The van der Waals surface area contributed by atoms with Crippen LogP contribution in [0.5, 0.6) is 0 Å². The van der Waals surface area contributed by atoms with Crippen LogP contribution in [0.1, 0.15) is 147 Å². The molecule has 8 heteroatoms. The molecule has 1 unspecified atom stereocenters. The van der Waals surface area contributed by atoms with Crippen molar-refractivity contribution >= 4 is 23.7 Å². The van der Waals surface area contributed by atoms with Gasteiger partial charge in [-0.2, -0.15) is 0 Å². The first-order valence-corrected chi connectivity index (χ1v) is 20.5. The summed E-state index contributed by atoms with van der Waals surface area (Å²) in [5, 5.41) is 13.0. The van der Waals surface area contributed by atoms with Crippen LogP contribution in [0.4, 0.5) is 0 Å². The zero-order valence-electron chi connectivity index (χ0n) is 34.8. The van der Waals surface area contributed by atoms with Crippen molar-refractivity contribution in [2.45, 2.75) is 160 Å². The average Bonchev–Trinajstić information content (AvgIpc) is 3.32. The molecule has 0 bridgehead atoms. The van der Waals surface area contributed by atoms with Gasteiger partial charge in [0.25, 0.3) is 0 Å². The fourth-order valence-electron chi connectivity index (χ4n) is 13.0. The third kappa shape index (κ3) is 6.11. The summed E-state index contributed by atoms with van der Waals surface area (Å²) in [6.45, 7) is 26.4. The number of ketones is 1. The maximum atomic E-state index is 14.3. The van der Waals surface area contributed by atoms with Crippen molar-refractivity contribution in [1.82, 2.24) is 5.32 Å². The number of carboxylic acid groups (broad SMARTS) is 1. The van der Waals surface area contributed by atoms with E-state index in [9.17, 15) is 24.3 Å². The van der Waals surface area contributed by atoms with Gasteiger partial charge in [0.15, 0.2) is 5.78 Å². The largest absolute Gasteiger partial charge is 0.481 e. The number of hydrogen-bond acceptors (Lipinski definition) is 7. The minimum Gasteiger partial charge on any atom is -0.481 e. The van der Waals surface area contributed by atoms with Crippen LogP contribution in [-0.2, 0) is 28.7 Å². The lowest BCUT2D eigenvalue weighted by Gasteiger charge is -2.72. The van der Waals surface area contributed by atoms with Gasteiger partial charge in [0.05, 0.1) is 17.8 Å².